The summed E-state index contributed by atoms with van der Waals surface area (Å²) in [6.45, 7) is 4.31. The summed E-state index contributed by atoms with van der Waals surface area (Å²) < 4.78 is 10.1. The van der Waals surface area contributed by atoms with Crippen molar-refractivity contribution in [1.82, 2.24) is 4.90 Å². The minimum Gasteiger partial charge on any atom is -0.480 e. The topological polar surface area (TPSA) is 79.2 Å². The Balaban J connectivity index is 2.38. The van der Waals surface area contributed by atoms with Crippen LogP contribution in [0.5, 0.6) is 0 Å². The molecule has 118 valence electrons. The number of hydrogen-bond acceptors (Lipinski definition) is 5. The Labute approximate surface area is 120 Å². The van der Waals surface area contributed by atoms with Gasteiger partial charge in [-0.3, -0.25) is 9.69 Å². The summed E-state index contributed by atoms with van der Waals surface area (Å²) in [4.78, 5) is 13.2. The highest BCUT2D eigenvalue weighted by Gasteiger charge is 2.33. The van der Waals surface area contributed by atoms with Gasteiger partial charge in [0.05, 0.1) is 25.9 Å². The van der Waals surface area contributed by atoms with Gasteiger partial charge >= 0.3 is 5.97 Å². The molecule has 1 saturated heterocycles. The number of ether oxygens (including phenoxy) is 2. The molecular weight excluding hydrogens is 262 g/mol. The number of hydrogen-bond donors (Lipinski definition) is 2. The number of piperidine rings is 1. The molecule has 1 aliphatic heterocycles. The van der Waals surface area contributed by atoms with E-state index < -0.39 is 18.1 Å². The van der Waals surface area contributed by atoms with Gasteiger partial charge in [-0.2, -0.15) is 0 Å². The van der Waals surface area contributed by atoms with Crippen molar-refractivity contribution in [2.24, 2.45) is 5.92 Å². The van der Waals surface area contributed by atoms with Gasteiger partial charge in [0, 0.05) is 13.7 Å². The summed E-state index contributed by atoms with van der Waals surface area (Å²) in [6.07, 6.45) is 2.02. The highest BCUT2D eigenvalue weighted by molar-refractivity contribution is 5.73. The number of likely N-dealkylation sites (tertiary alicyclic amines) is 1. The molecule has 1 heterocycles. The summed E-state index contributed by atoms with van der Waals surface area (Å²) in [7, 11) is 1.59. The molecule has 20 heavy (non-hydrogen) atoms. The average Bonchev–Trinajstić information content (AvgIpc) is 2.43. The van der Waals surface area contributed by atoms with E-state index in [1.807, 2.05) is 4.90 Å². The van der Waals surface area contributed by atoms with Gasteiger partial charge in [0.25, 0.3) is 0 Å². The fourth-order valence-corrected chi connectivity index (χ4v) is 2.62. The zero-order valence-corrected chi connectivity index (χ0v) is 12.5. The first-order chi connectivity index (χ1) is 9.58. The van der Waals surface area contributed by atoms with Crippen LogP contribution in [0.3, 0.4) is 0 Å². The van der Waals surface area contributed by atoms with E-state index in [2.05, 4.69) is 6.92 Å². The van der Waals surface area contributed by atoms with Crippen LogP contribution in [0.1, 0.15) is 26.2 Å². The number of nitrogens with zero attached hydrogens (tertiary/aromatic N) is 1. The number of carbonyl (C=O) groups is 1. The summed E-state index contributed by atoms with van der Waals surface area (Å²) in [6, 6.07) is -0.484. The van der Waals surface area contributed by atoms with Crippen molar-refractivity contribution in [3.8, 4) is 0 Å². The standard InChI is InChI=1S/C14H27NO5/c1-3-11-4-5-15(13(8-11)14(17)18)9-12(16)10-20-7-6-19-2/h11-13,16H,3-10H2,1-2H3,(H,17,18). The number of β-amino-alcohol motifs (C(OH)–C–C–N with tert-alkyl or cyclic N) is 1. The van der Waals surface area contributed by atoms with Crippen molar-refractivity contribution in [2.45, 2.75) is 38.3 Å². The molecular formula is C14H27NO5. The van der Waals surface area contributed by atoms with E-state index in [0.29, 0.717) is 32.1 Å². The predicted octanol–water partition coefficient (Wildman–Crippen LogP) is 0.586. The predicted molar refractivity (Wildman–Crippen MR) is 74.7 cm³/mol. The van der Waals surface area contributed by atoms with Crippen LogP contribution in [0.15, 0.2) is 0 Å². The highest BCUT2D eigenvalue weighted by atomic mass is 16.5. The van der Waals surface area contributed by atoms with Crippen molar-refractivity contribution in [3.05, 3.63) is 0 Å². The Morgan fingerprint density at radius 2 is 2.20 bits per heavy atom. The van der Waals surface area contributed by atoms with E-state index in [-0.39, 0.29) is 6.61 Å². The smallest absolute Gasteiger partial charge is 0.320 e. The molecule has 0 amide bonds. The molecule has 0 spiro atoms. The Bertz CT molecular complexity index is 287. The van der Waals surface area contributed by atoms with Gasteiger partial charge in [-0.1, -0.05) is 13.3 Å². The molecule has 2 N–H and O–H groups in total. The Kier molecular flexibility index (Phi) is 8.06. The van der Waals surface area contributed by atoms with Crippen molar-refractivity contribution < 1.29 is 24.5 Å². The van der Waals surface area contributed by atoms with E-state index in [0.717, 1.165) is 19.4 Å². The van der Waals surface area contributed by atoms with Gasteiger partial charge in [-0.15, -0.1) is 0 Å². The monoisotopic (exact) mass is 289 g/mol. The lowest BCUT2D eigenvalue weighted by molar-refractivity contribution is -0.146. The molecule has 1 rings (SSSR count). The molecule has 0 saturated carbocycles. The van der Waals surface area contributed by atoms with Gasteiger partial charge in [-0.25, -0.2) is 0 Å². The Morgan fingerprint density at radius 3 is 2.80 bits per heavy atom. The second-order valence-corrected chi connectivity index (χ2v) is 5.37. The second kappa shape index (κ2) is 9.28. The molecule has 0 aromatic carbocycles. The van der Waals surface area contributed by atoms with Crippen molar-refractivity contribution in [2.75, 3.05) is 40.0 Å². The maximum absolute atomic E-state index is 11.3. The summed E-state index contributed by atoms with van der Waals surface area (Å²) >= 11 is 0. The van der Waals surface area contributed by atoms with E-state index in [1.165, 1.54) is 0 Å². The van der Waals surface area contributed by atoms with Crippen LogP contribution in [-0.2, 0) is 14.3 Å². The third-order valence-electron chi connectivity index (χ3n) is 3.87. The van der Waals surface area contributed by atoms with Crippen LogP contribution in [0, 0.1) is 5.92 Å². The minimum atomic E-state index is -0.796. The summed E-state index contributed by atoms with van der Waals surface area (Å²) in [5.74, 6) is -0.321. The van der Waals surface area contributed by atoms with E-state index in [1.54, 1.807) is 7.11 Å². The number of aliphatic hydroxyl groups excluding tert-OH is 1. The fraction of sp³-hybridized carbons (Fsp3) is 0.929. The minimum absolute atomic E-state index is 0.212. The molecule has 0 aliphatic carbocycles. The van der Waals surface area contributed by atoms with Gasteiger partial charge in [0.1, 0.15) is 6.04 Å². The van der Waals surface area contributed by atoms with Gasteiger partial charge in [-0.05, 0) is 25.3 Å². The van der Waals surface area contributed by atoms with E-state index in [4.69, 9.17) is 9.47 Å². The second-order valence-electron chi connectivity index (χ2n) is 5.37. The van der Waals surface area contributed by atoms with E-state index in [9.17, 15) is 15.0 Å². The number of aliphatic carboxylic acids is 1. The first-order valence-electron chi connectivity index (χ1n) is 7.30. The molecule has 1 fully saturated rings. The number of aliphatic hydroxyl groups is 1. The van der Waals surface area contributed by atoms with Crippen LogP contribution in [-0.4, -0.2) is 73.2 Å². The zero-order chi connectivity index (χ0) is 15.0. The van der Waals surface area contributed by atoms with Crippen LogP contribution < -0.4 is 0 Å². The average molecular weight is 289 g/mol. The van der Waals surface area contributed by atoms with Crippen molar-refractivity contribution >= 4 is 5.97 Å². The number of rotatable bonds is 9. The molecule has 6 heteroatoms. The van der Waals surface area contributed by atoms with Crippen LogP contribution >= 0.6 is 0 Å². The molecule has 0 radical (unpaired) electrons. The molecule has 1 aliphatic rings. The Morgan fingerprint density at radius 1 is 1.45 bits per heavy atom. The lowest BCUT2D eigenvalue weighted by atomic mass is 9.88. The molecule has 3 atom stereocenters. The van der Waals surface area contributed by atoms with Crippen LogP contribution in [0.4, 0.5) is 0 Å². The van der Waals surface area contributed by atoms with E-state index >= 15 is 0 Å². The maximum atomic E-state index is 11.3. The van der Waals surface area contributed by atoms with Gasteiger partial charge < -0.3 is 19.7 Å². The zero-order valence-electron chi connectivity index (χ0n) is 12.5. The van der Waals surface area contributed by atoms with Gasteiger partial charge in [0.15, 0.2) is 0 Å². The summed E-state index contributed by atoms with van der Waals surface area (Å²) in [5, 5.41) is 19.2. The normalized spacial score (nSPS) is 25.6. The molecule has 0 aromatic heterocycles. The number of carboxylic acids is 1. The fourth-order valence-electron chi connectivity index (χ4n) is 2.62. The number of carboxylic acid groups (broad SMARTS) is 1. The highest BCUT2D eigenvalue weighted by Crippen LogP contribution is 2.25. The third kappa shape index (κ3) is 5.75. The van der Waals surface area contributed by atoms with Gasteiger partial charge in [0.2, 0.25) is 0 Å². The third-order valence-corrected chi connectivity index (χ3v) is 3.87. The summed E-state index contributed by atoms with van der Waals surface area (Å²) in [5.41, 5.74) is 0. The molecule has 0 bridgehead atoms. The SMILES string of the molecule is CCC1CCN(CC(O)COCCOC)C(C(=O)O)C1. The first kappa shape index (κ1) is 17.4. The number of methoxy groups -OCH3 is 1. The lowest BCUT2D eigenvalue weighted by Crippen LogP contribution is -2.50. The molecule has 3 unspecified atom stereocenters. The molecule has 0 aromatic rings. The maximum Gasteiger partial charge on any atom is 0.320 e. The van der Waals surface area contributed by atoms with Crippen LogP contribution in [0.25, 0.3) is 0 Å². The first-order valence-corrected chi connectivity index (χ1v) is 7.30. The van der Waals surface area contributed by atoms with Crippen molar-refractivity contribution in [3.63, 3.8) is 0 Å². The van der Waals surface area contributed by atoms with Crippen LogP contribution in [0.2, 0.25) is 0 Å². The molecule has 6 nitrogen and oxygen atoms in total. The lowest BCUT2D eigenvalue weighted by Gasteiger charge is -2.37. The van der Waals surface area contributed by atoms with Crippen molar-refractivity contribution in [1.29, 1.82) is 0 Å². The Hall–Kier alpha value is -0.690. The largest absolute Gasteiger partial charge is 0.480 e. The quantitative estimate of drug-likeness (QED) is 0.605.